The predicted octanol–water partition coefficient (Wildman–Crippen LogP) is 2.03. The summed E-state index contributed by atoms with van der Waals surface area (Å²) in [7, 11) is 0. The van der Waals surface area contributed by atoms with Crippen LogP contribution in [0.4, 0.5) is 22.0 Å². The first kappa shape index (κ1) is 15.4. The molecule has 0 aliphatic heterocycles. The Hall–Kier alpha value is -1.70. The molecule has 3 nitrogen and oxygen atoms in total. The highest BCUT2D eigenvalue weighted by Crippen LogP contribution is 2.38. The Morgan fingerprint density at radius 1 is 1.05 bits per heavy atom. The summed E-state index contributed by atoms with van der Waals surface area (Å²) < 4.78 is 63.7. The van der Waals surface area contributed by atoms with Crippen molar-refractivity contribution in [2.75, 3.05) is 0 Å². The third kappa shape index (κ3) is 2.67. The number of carbonyl (C=O) groups excluding carboxylic acids is 1. The van der Waals surface area contributed by atoms with Crippen molar-refractivity contribution in [3.63, 3.8) is 0 Å². The van der Waals surface area contributed by atoms with Crippen molar-refractivity contribution in [2.24, 2.45) is 5.73 Å². The number of primary amides is 1. The summed E-state index contributed by atoms with van der Waals surface area (Å²) in [4.78, 5) is 10.6. The second kappa shape index (κ2) is 4.44. The third-order valence-electron chi connectivity index (χ3n) is 2.70. The Morgan fingerprint density at radius 2 is 1.42 bits per heavy atom. The first-order valence-electron chi connectivity index (χ1n) is 4.98. The van der Waals surface area contributed by atoms with E-state index < -0.39 is 34.7 Å². The van der Waals surface area contributed by atoms with Crippen LogP contribution in [0.1, 0.15) is 18.1 Å². The van der Waals surface area contributed by atoms with Gasteiger partial charge in [-0.3, -0.25) is 4.79 Å². The lowest BCUT2D eigenvalue weighted by atomic mass is 9.88. The number of aliphatic hydroxyl groups is 1. The van der Waals surface area contributed by atoms with Crippen LogP contribution in [0.15, 0.2) is 24.3 Å². The fourth-order valence-electron chi connectivity index (χ4n) is 1.40. The maximum atomic E-state index is 13.4. The molecule has 1 amide bonds. The van der Waals surface area contributed by atoms with Crippen molar-refractivity contribution in [1.82, 2.24) is 0 Å². The Bertz CT molecular complexity index is 479. The van der Waals surface area contributed by atoms with E-state index in [9.17, 15) is 31.9 Å². The van der Waals surface area contributed by atoms with E-state index in [2.05, 4.69) is 5.73 Å². The van der Waals surface area contributed by atoms with E-state index in [1.54, 1.807) is 0 Å². The van der Waals surface area contributed by atoms with Gasteiger partial charge in [0.1, 0.15) is 0 Å². The zero-order valence-electron chi connectivity index (χ0n) is 9.63. The van der Waals surface area contributed by atoms with E-state index in [1.165, 1.54) is 0 Å². The number of hydrogen-bond acceptors (Lipinski definition) is 2. The van der Waals surface area contributed by atoms with Crippen LogP contribution in [0, 0.1) is 0 Å². The predicted molar refractivity (Wildman–Crippen MR) is 55.2 cm³/mol. The van der Waals surface area contributed by atoms with Crippen LogP contribution in [0.25, 0.3) is 0 Å². The van der Waals surface area contributed by atoms with Crippen LogP contribution in [-0.2, 0) is 16.6 Å². The van der Waals surface area contributed by atoms with Crippen LogP contribution in [0.3, 0.4) is 0 Å². The third-order valence-corrected chi connectivity index (χ3v) is 2.70. The van der Waals surface area contributed by atoms with Crippen LogP contribution < -0.4 is 5.73 Å². The Balaban J connectivity index is 3.21. The van der Waals surface area contributed by atoms with Crippen LogP contribution in [0.2, 0.25) is 0 Å². The van der Waals surface area contributed by atoms with Gasteiger partial charge < -0.3 is 10.8 Å². The summed E-state index contributed by atoms with van der Waals surface area (Å²) >= 11 is 0. The molecule has 0 bridgehead atoms. The minimum Gasteiger partial charge on any atom is -0.379 e. The number of amides is 1. The molecule has 1 rings (SSSR count). The van der Waals surface area contributed by atoms with E-state index in [0.29, 0.717) is 31.2 Å². The molecule has 8 heteroatoms. The summed E-state index contributed by atoms with van der Waals surface area (Å²) in [5.41, 5.74) is -0.145. The maximum Gasteiger partial charge on any atom is 0.416 e. The smallest absolute Gasteiger partial charge is 0.379 e. The molecule has 0 radical (unpaired) electrons. The van der Waals surface area contributed by atoms with Gasteiger partial charge in [0, 0.05) is 0 Å². The monoisotopic (exact) mass is 283 g/mol. The average molecular weight is 283 g/mol. The number of halogens is 5. The fourth-order valence-corrected chi connectivity index (χ4v) is 1.40. The van der Waals surface area contributed by atoms with Crippen molar-refractivity contribution < 1.29 is 31.9 Å². The molecule has 0 spiro atoms. The number of alkyl halides is 5. The highest BCUT2D eigenvalue weighted by Gasteiger charge is 2.55. The van der Waals surface area contributed by atoms with Crippen LogP contribution >= 0.6 is 0 Å². The molecule has 0 aliphatic carbocycles. The molecule has 106 valence electrons. The van der Waals surface area contributed by atoms with Gasteiger partial charge in [-0.25, -0.2) is 0 Å². The number of carbonyl (C=O) groups is 1. The molecule has 0 heterocycles. The minimum atomic E-state index is -4.63. The molecule has 1 aromatic carbocycles. The van der Waals surface area contributed by atoms with Gasteiger partial charge in [-0.1, -0.05) is 12.1 Å². The summed E-state index contributed by atoms with van der Waals surface area (Å²) in [5.74, 6) is -6.38. The normalized spacial score (nSPS) is 15.9. The number of hydrogen-bond donors (Lipinski definition) is 2. The van der Waals surface area contributed by atoms with Gasteiger partial charge in [0.05, 0.1) is 5.56 Å². The van der Waals surface area contributed by atoms with Crippen molar-refractivity contribution in [1.29, 1.82) is 0 Å². The van der Waals surface area contributed by atoms with Crippen LogP contribution in [0.5, 0.6) is 0 Å². The maximum absolute atomic E-state index is 13.4. The summed E-state index contributed by atoms with van der Waals surface area (Å²) in [6.45, 7) is 0.598. The van der Waals surface area contributed by atoms with E-state index in [0.717, 1.165) is 0 Å². The number of benzene rings is 1. The topological polar surface area (TPSA) is 63.3 Å². The first-order chi connectivity index (χ1) is 8.40. The van der Waals surface area contributed by atoms with Crippen molar-refractivity contribution in [3.8, 4) is 0 Å². The molecule has 0 aromatic heterocycles. The zero-order chi connectivity index (χ0) is 15.1. The SMILES string of the molecule is CC(O)(c1ccc(C(F)(F)F)cc1)C(F)(F)C(N)=O. The second-order valence-corrected chi connectivity index (χ2v) is 4.09. The van der Waals surface area contributed by atoms with Crippen LogP contribution in [-0.4, -0.2) is 16.9 Å². The second-order valence-electron chi connectivity index (χ2n) is 4.09. The molecule has 1 unspecified atom stereocenters. The van der Waals surface area contributed by atoms with Gasteiger partial charge in [-0.15, -0.1) is 0 Å². The molecule has 0 fully saturated rings. The van der Waals surface area contributed by atoms with Gasteiger partial charge >= 0.3 is 12.1 Å². The summed E-state index contributed by atoms with van der Waals surface area (Å²) in [5, 5.41) is 9.65. The standard InChI is InChI=1S/C11H10F5NO2/c1-9(19,10(12,13)8(17)18)6-2-4-7(5-3-6)11(14,15)16/h2-5,19H,1H3,(H2,17,18). The van der Waals surface area contributed by atoms with Gasteiger partial charge in [-0.05, 0) is 24.6 Å². The van der Waals surface area contributed by atoms with E-state index in [-0.39, 0.29) is 0 Å². The Morgan fingerprint density at radius 3 is 1.74 bits per heavy atom. The summed E-state index contributed by atoms with van der Waals surface area (Å²) in [6.07, 6.45) is -4.63. The molecule has 0 saturated heterocycles. The van der Waals surface area contributed by atoms with E-state index >= 15 is 0 Å². The summed E-state index contributed by atoms with van der Waals surface area (Å²) in [6, 6.07) is 2.39. The molecule has 3 N–H and O–H groups in total. The van der Waals surface area contributed by atoms with Crippen molar-refractivity contribution >= 4 is 5.91 Å². The Kier molecular flexibility index (Phi) is 3.59. The van der Waals surface area contributed by atoms with Gasteiger partial charge in [0.15, 0.2) is 5.60 Å². The minimum absolute atomic E-state index is 0.529. The molecule has 0 aliphatic rings. The molecular weight excluding hydrogens is 273 g/mol. The Labute approximate surface area is 104 Å². The fraction of sp³-hybridized carbons (Fsp3) is 0.364. The molecule has 1 aromatic rings. The van der Waals surface area contributed by atoms with Gasteiger partial charge in [0.2, 0.25) is 0 Å². The quantitative estimate of drug-likeness (QED) is 0.834. The largest absolute Gasteiger partial charge is 0.416 e. The lowest BCUT2D eigenvalue weighted by Gasteiger charge is -2.30. The number of nitrogens with two attached hydrogens (primary N) is 1. The zero-order valence-corrected chi connectivity index (χ0v) is 9.63. The lowest BCUT2D eigenvalue weighted by Crippen LogP contribution is -2.52. The number of rotatable bonds is 3. The molecule has 19 heavy (non-hydrogen) atoms. The highest BCUT2D eigenvalue weighted by atomic mass is 19.4. The highest BCUT2D eigenvalue weighted by molar-refractivity contribution is 5.83. The lowest BCUT2D eigenvalue weighted by molar-refractivity contribution is -0.188. The van der Waals surface area contributed by atoms with Gasteiger partial charge in [0.25, 0.3) is 5.91 Å². The molecule has 0 saturated carbocycles. The van der Waals surface area contributed by atoms with Gasteiger partial charge in [-0.2, -0.15) is 22.0 Å². The van der Waals surface area contributed by atoms with E-state index in [1.807, 2.05) is 0 Å². The van der Waals surface area contributed by atoms with Crippen molar-refractivity contribution in [3.05, 3.63) is 35.4 Å². The molecular formula is C11H10F5NO2. The molecule has 1 atom stereocenters. The average Bonchev–Trinajstić information content (AvgIpc) is 2.27. The van der Waals surface area contributed by atoms with E-state index in [4.69, 9.17) is 0 Å². The van der Waals surface area contributed by atoms with Crippen molar-refractivity contribution in [2.45, 2.75) is 24.6 Å². The first-order valence-corrected chi connectivity index (χ1v) is 4.98.